The molecule has 2 aromatic rings. The van der Waals surface area contributed by atoms with Crippen LogP contribution in [0.15, 0.2) is 12.1 Å². The molecule has 1 unspecified atom stereocenters. The van der Waals surface area contributed by atoms with E-state index in [0.29, 0.717) is 6.42 Å². The standard InChI is InChI=1S/C11H13N3OS/c1-7-2-3-9(16-7)11-12-10-6-8(15)4-5-14(10)13-11/h2-3,8,15H,4-6H2,1H3. The molecule has 0 aromatic carbocycles. The lowest BCUT2D eigenvalue weighted by atomic mass is 10.1. The molecule has 1 atom stereocenters. The number of hydrogen-bond donors (Lipinski definition) is 1. The van der Waals surface area contributed by atoms with E-state index in [1.807, 2.05) is 4.68 Å². The molecule has 0 fully saturated rings. The maximum absolute atomic E-state index is 9.56. The summed E-state index contributed by atoms with van der Waals surface area (Å²) in [4.78, 5) is 6.86. The Hall–Kier alpha value is -1.20. The fraction of sp³-hybridized carbons (Fsp3) is 0.455. The van der Waals surface area contributed by atoms with Gasteiger partial charge >= 0.3 is 0 Å². The number of aromatic nitrogens is 3. The summed E-state index contributed by atoms with van der Waals surface area (Å²) in [6.45, 7) is 2.85. The second-order valence-electron chi connectivity index (χ2n) is 4.13. The van der Waals surface area contributed by atoms with E-state index < -0.39 is 0 Å². The molecule has 0 spiro atoms. The molecule has 16 heavy (non-hydrogen) atoms. The maximum atomic E-state index is 9.56. The van der Waals surface area contributed by atoms with Crippen molar-refractivity contribution >= 4 is 11.3 Å². The largest absolute Gasteiger partial charge is 0.393 e. The van der Waals surface area contributed by atoms with Gasteiger partial charge in [0, 0.05) is 17.8 Å². The summed E-state index contributed by atoms with van der Waals surface area (Å²) in [7, 11) is 0. The summed E-state index contributed by atoms with van der Waals surface area (Å²) in [5.41, 5.74) is 0. The molecule has 0 amide bonds. The summed E-state index contributed by atoms with van der Waals surface area (Å²) in [6.07, 6.45) is 1.14. The predicted octanol–water partition coefficient (Wildman–Crippen LogP) is 1.62. The monoisotopic (exact) mass is 235 g/mol. The molecule has 1 aliphatic rings. The van der Waals surface area contributed by atoms with Crippen LogP contribution in [0.1, 0.15) is 17.1 Å². The van der Waals surface area contributed by atoms with Crippen LogP contribution >= 0.6 is 11.3 Å². The van der Waals surface area contributed by atoms with Crippen molar-refractivity contribution in [3.63, 3.8) is 0 Å². The molecule has 0 saturated carbocycles. The number of aliphatic hydroxyl groups is 1. The van der Waals surface area contributed by atoms with Crippen LogP contribution in [-0.2, 0) is 13.0 Å². The second kappa shape index (κ2) is 3.68. The Morgan fingerprint density at radius 3 is 3.12 bits per heavy atom. The summed E-state index contributed by atoms with van der Waals surface area (Å²) < 4.78 is 1.91. The maximum Gasteiger partial charge on any atom is 0.191 e. The Kier molecular flexibility index (Phi) is 2.29. The van der Waals surface area contributed by atoms with Gasteiger partial charge in [0.05, 0.1) is 11.0 Å². The predicted molar refractivity (Wildman–Crippen MR) is 62.4 cm³/mol. The van der Waals surface area contributed by atoms with Crippen molar-refractivity contribution in [3.05, 3.63) is 22.8 Å². The van der Waals surface area contributed by atoms with E-state index >= 15 is 0 Å². The molecule has 0 bridgehead atoms. The number of thiophene rings is 1. The zero-order valence-electron chi connectivity index (χ0n) is 9.05. The molecule has 0 saturated heterocycles. The highest BCUT2D eigenvalue weighted by Gasteiger charge is 2.20. The summed E-state index contributed by atoms with van der Waals surface area (Å²) in [5, 5.41) is 14.0. The lowest BCUT2D eigenvalue weighted by Gasteiger charge is -2.16. The van der Waals surface area contributed by atoms with Gasteiger partial charge in [0.15, 0.2) is 5.82 Å². The van der Waals surface area contributed by atoms with Crippen molar-refractivity contribution in [2.75, 3.05) is 0 Å². The van der Waals surface area contributed by atoms with Gasteiger partial charge in [0.1, 0.15) is 5.82 Å². The van der Waals surface area contributed by atoms with Crippen LogP contribution in [-0.4, -0.2) is 26.0 Å². The van der Waals surface area contributed by atoms with Gasteiger partial charge in [-0.15, -0.1) is 16.4 Å². The van der Waals surface area contributed by atoms with Crippen LogP contribution in [0.3, 0.4) is 0 Å². The van der Waals surface area contributed by atoms with E-state index in [2.05, 4.69) is 29.1 Å². The van der Waals surface area contributed by atoms with E-state index in [9.17, 15) is 5.11 Å². The zero-order valence-corrected chi connectivity index (χ0v) is 9.87. The molecule has 0 radical (unpaired) electrons. The van der Waals surface area contributed by atoms with Crippen LogP contribution in [0, 0.1) is 6.92 Å². The molecule has 0 aliphatic carbocycles. The minimum atomic E-state index is -0.255. The molecule has 5 heteroatoms. The van der Waals surface area contributed by atoms with Gasteiger partial charge in [-0.25, -0.2) is 9.67 Å². The van der Waals surface area contributed by atoms with Crippen molar-refractivity contribution in [1.29, 1.82) is 0 Å². The van der Waals surface area contributed by atoms with E-state index in [-0.39, 0.29) is 6.10 Å². The molecule has 1 N–H and O–H groups in total. The first-order valence-corrected chi connectivity index (χ1v) is 6.22. The Bertz CT molecular complexity index is 517. The van der Waals surface area contributed by atoms with Crippen molar-refractivity contribution in [3.8, 4) is 10.7 Å². The second-order valence-corrected chi connectivity index (χ2v) is 5.42. The molecule has 4 nitrogen and oxygen atoms in total. The first-order chi connectivity index (χ1) is 7.72. The van der Waals surface area contributed by atoms with E-state index in [1.54, 1.807) is 11.3 Å². The minimum absolute atomic E-state index is 0.255. The van der Waals surface area contributed by atoms with Crippen LogP contribution in [0.5, 0.6) is 0 Å². The first kappa shape index (κ1) is 9.99. The molecule has 3 rings (SSSR count). The molecule has 84 valence electrons. The molecule has 2 aromatic heterocycles. The lowest BCUT2D eigenvalue weighted by molar-refractivity contribution is 0.138. The highest BCUT2D eigenvalue weighted by Crippen LogP contribution is 2.26. The van der Waals surface area contributed by atoms with E-state index in [4.69, 9.17) is 0 Å². The smallest absolute Gasteiger partial charge is 0.191 e. The van der Waals surface area contributed by atoms with Crippen molar-refractivity contribution in [2.45, 2.75) is 32.4 Å². The van der Waals surface area contributed by atoms with Crippen LogP contribution < -0.4 is 0 Å². The Labute approximate surface area is 97.6 Å². The quantitative estimate of drug-likeness (QED) is 0.817. The fourth-order valence-electron chi connectivity index (χ4n) is 1.95. The van der Waals surface area contributed by atoms with Crippen LogP contribution in [0.4, 0.5) is 0 Å². The summed E-state index contributed by atoms with van der Waals surface area (Å²) in [5.74, 6) is 1.70. The first-order valence-electron chi connectivity index (χ1n) is 5.41. The average Bonchev–Trinajstić information content (AvgIpc) is 2.83. The normalized spacial score (nSPS) is 19.8. The third-order valence-electron chi connectivity index (χ3n) is 2.80. The van der Waals surface area contributed by atoms with Crippen LogP contribution in [0.25, 0.3) is 10.7 Å². The minimum Gasteiger partial charge on any atom is -0.393 e. The highest BCUT2D eigenvalue weighted by atomic mass is 32.1. The van der Waals surface area contributed by atoms with Gasteiger partial charge in [0.2, 0.25) is 0 Å². The molecular formula is C11H13N3OS. The SMILES string of the molecule is Cc1ccc(-c2nc3n(n2)CCC(O)C3)s1. The van der Waals surface area contributed by atoms with Crippen molar-refractivity contribution in [1.82, 2.24) is 14.8 Å². The van der Waals surface area contributed by atoms with Crippen molar-refractivity contribution in [2.24, 2.45) is 0 Å². The Balaban J connectivity index is 1.98. The van der Waals surface area contributed by atoms with Gasteiger partial charge in [0.25, 0.3) is 0 Å². The summed E-state index contributed by atoms with van der Waals surface area (Å²) >= 11 is 1.70. The third-order valence-corrected chi connectivity index (χ3v) is 3.80. The Morgan fingerprint density at radius 1 is 1.50 bits per heavy atom. The number of hydrogen-bond acceptors (Lipinski definition) is 4. The van der Waals surface area contributed by atoms with E-state index in [1.165, 1.54) is 4.88 Å². The molecular weight excluding hydrogens is 222 g/mol. The third kappa shape index (κ3) is 1.66. The number of aliphatic hydroxyl groups excluding tert-OH is 1. The number of rotatable bonds is 1. The van der Waals surface area contributed by atoms with Gasteiger partial charge in [-0.1, -0.05) is 0 Å². The summed E-state index contributed by atoms with van der Waals surface area (Å²) in [6, 6.07) is 4.13. The lowest BCUT2D eigenvalue weighted by Crippen LogP contribution is -2.23. The van der Waals surface area contributed by atoms with Gasteiger partial charge in [-0.05, 0) is 25.5 Å². The average molecular weight is 235 g/mol. The van der Waals surface area contributed by atoms with Gasteiger partial charge in [-0.3, -0.25) is 0 Å². The van der Waals surface area contributed by atoms with Crippen LogP contribution in [0.2, 0.25) is 0 Å². The van der Waals surface area contributed by atoms with Gasteiger partial charge < -0.3 is 5.11 Å². The molecule has 1 aliphatic heterocycles. The number of fused-ring (bicyclic) bond motifs is 1. The Morgan fingerprint density at radius 2 is 2.38 bits per heavy atom. The van der Waals surface area contributed by atoms with Crippen molar-refractivity contribution < 1.29 is 5.11 Å². The highest BCUT2D eigenvalue weighted by molar-refractivity contribution is 7.15. The number of aryl methyl sites for hydroxylation is 2. The number of nitrogens with zero attached hydrogens (tertiary/aromatic N) is 3. The fourth-order valence-corrected chi connectivity index (χ4v) is 2.74. The van der Waals surface area contributed by atoms with E-state index in [0.717, 1.165) is 29.5 Å². The topological polar surface area (TPSA) is 50.9 Å². The zero-order chi connectivity index (χ0) is 11.1. The molecule has 3 heterocycles. The van der Waals surface area contributed by atoms with Gasteiger partial charge in [-0.2, -0.15) is 0 Å².